The van der Waals surface area contributed by atoms with Crippen LogP contribution in [0.4, 0.5) is 5.69 Å². The van der Waals surface area contributed by atoms with E-state index in [0.717, 1.165) is 18.3 Å². The third-order valence-electron chi connectivity index (χ3n) is 2.47. The highest BCUT2D eigenvalue weighted by Gasteiger charge is 2.04. The van der Waals surface area contributed by atoms with E-state index in [1.807, 2.05) is 13.0 Å². The molecule has 0 aliphatic heterocycles. The molecule has 0 radical (unpaired) electrons. The Morgan fingerprint density at radius 2 is 1.95 bits per heavy atom. The molecule has 1 rings (SSSR count). The standard InChI is InChI=1S/C15H17NO4.C2H4/c1-2-5-15(6-3-4-11-17)20-12-13-7-9-14(10-8-13)16(18)19;1-2/h3,5-11H,2,4,12H2,1H3;1-2H2/b6-3-,15-5+;. The van der Waals surface area contributed by atoms with Crippen LogP contribution < -0.4 is 0 Å². The molecule has 0 fully saturated rings. The molecule has 0 aromatic heterocycles. The van der Waals surface area contributed by atoms with Gasteiger partial charge in [0.25, 0.3) is 5.69 Å². The van der Waals surface area contributed by atoms with Crippen LogP contribution in [-0.2, 0) is 16.1 Å². The van der Waals surface area contributed by atoms with E-state index >= 15 is 0 Å². The number of hydrogen-bond acceptors (Lipinski definition) is 4. The first-order chi connectivity index (χ1) is 10.7. The third-order valence-corrected chi connectivity index (χ3v) is 2.47. The monoisotopic (exact) mass is 303 g/mol. The molecule has 0 saturated carbocycles. The fourth-order valence-electron chi connectivity index (χ4n) is 1.50. The van der Waals surface area contributed by atoms with Crippen molar-refractivity contribution in [1.29, 1.82) is 0 Å². The van der Waals surface area contributed by atoms with Crippen LogP contribution >= 0.6 is 0 Å². The molecule has 0 bridgehead atoms. The molecular formula is C17H21NO4. The Morgan fingerprint density at radius 1 is 1.32 bits per heavy atom. The number of carbonyl (C=O) groups is 1. The zero-order valence-electron chi connectivity index (χ0n) is 12.7. The highest BCUT2D eigenvalue weighted by Crippen LogP contribution is 2.14. The fraction of sp³-hybridized carbons (Fsp3) is 0.235. The lowest BCUT2D eigenvalue weighted by Crippen LogP contribution is -1.93. The molecule has 0 aliphatic carbocycles. The Labute approximate surface area is 130 Å². The van der Waals surface area contributed by atoms with Gasteiger partial charge >= 0.3 is 0 Å². The molecule has 0 atom stereocenters. The number of non-ortho nitro benzene ring substituents is 1. The van der Waals surface area contributed by atoms with E-state index in [1.165, 1.54) is 12.1 Å². The molecule has 0 spiro atoms. The van der Waals surface area contributed by atoms with E-state index in [4.69, 9.17) is 4.74 Å². The van der Waals surface area contributed by atoms with Gasteiger partial charge in [0.05, 0.1) is 4.92 Å². The third kappa shape index (κ3) is 7.79. The Hall–Kier alpha value is -2.69. The van der Waals surface area contributed by atoms with Crippen LogP contribution in [0.1, 0.15) is 25.3 Å². The number of rotatable bonds is 8. The van der Waals surface area contributed by atoms with Gasteiger partial charge in [0.15, 0.2) is 0 Å². The minimum atomic E-state index is -0.435. The van der Waals surface area contributed by atoms with E-state index < -0.39 is 4.92 Å². The lowest BCUT2D eigenvalue weighted by Gasteiger charge is -2.07. The van der Waals surface area contributed by atoms with Crippen molar-refractivity contribution in [2.24, 2.45) is 0 Å². The maximum absolute atomic E-state index is 10.5. The van der Waals surface area contributed by atoms with Gasteiger partial charge in [-0.25, -0.2) is 0 Å². The summed E-state index contributed by atoms with van der Waals surface area (Å²) in [6.07, 6.45) is 7.37. The molecule has 0 N–H and O–H groups in total. The van der Waals surface area contributed by atoms with Gasteiger partial charge in [-0.2, -0.15) is 0 Å². The number of ether oxygens (including phenoxy) is 1. The number of benzene rings is 1. The summed E-state index contributed by atoms with van der Waals surface area (Å²) in [6, 6.07) is 6.22. The first-order valence-corrected chi connectivity index (χ1v) is 6.83. The predicted octanol–water partition coefficient (Wildman–Crippen LogP) is 4.35. The van der Waals surface area contributed by atoms with E-state index in [-0.39, 0.29) is 5.69 Å². The van der Waals surface area contributed by atoms with Crippen LogP contribution in [0, 0.1) is 10.1 Å². The number of carbonyl (C=O) groups excluding carboxylic acids is 1. The summed E-state index contributed by atoms with van der Waals surface area (Å²) in [6.45, 7) is 8.32. The summed E-state index contributed by atoms with van der Waals surface area (Å²) in [4.78, 5) is 20.3. The maximum atomic E-state index is 10.5. The van der Waals surface area contributed by atoms with Crippen molar-refractivity contribution in [1.82, 2.24) is 0 Å². The van der Waals surface area contributed by atoms with Crippen LogP contribution in [0.3, 0.4) is 0 Å². The largest absolute Gasteiger partial charge is 0.489 e. The highest BCUT2D eigenvalue weighted by molar-refractivity contribution is 5.52. The summed E-state index contributed by atoms with van der Waals surface area (Å²) in [5.74, 6) is 0.688. The van der Waals surface area contributed by atoms with Gasteiger partial charge in [0.2, 0.25) is 0 Å². The normalized spacial score (nSPS) is 10.7. The van der Waals surface area contributed by atoms with Gasteiger partial charge in [0, 0.05) is 18.6 Å². The summed E-state index contributed by atoms with van der Waals surface area (Å²) < 4.78 is 5.60. The van der Waals surface area contributed by atoms with Crippen molar-refractivity contribution >= 4 is 12.0 Å². The first kappa shape index (κ1) is 19.3. The Kier molecular flexibility index (Phi) is 10.6. The fourth-order valence-corrected chi connectivity index (χ4v) is 1.50. The van der Waals surface area contributed by atoms with E-state index in [2.05, 4.69) is 13.2 Å². The van der Waals surface area contributed by atoms with Crippen molar-refractivity contribution in [2.75, 3.05) is 0 Å². The average Bonchev–Trinajstić information content (AvgIpc) is 2.55. The molecule has 0 saturated heterocycles. The van der Waals surface area contributed by atoms with Crippen molar-refractivity contribution in [3.63, 3.8) is 0 Å². The van der Waals surface area contributed by atoms with Gasteiger partial charge in [-0.1, -0.05) is 13.0 Å². The zero-order chi connectivity index (χ0) is 16.8. The molecule has 5 nitrogen and oxygen atoms in total. The number of hydrogen-bond donors (Lipinski definition) is 0. The molecule has 1 aromatic rings. The van der Waals surface area contributed by atoms with Crippen LogP contribution in [-0.4, -0.2) is 11.2 Å². The highest BCUT2D eigenvalue weighted by atomic mass is 16.6. The van der Waals surface area contributed by atoms with Crippen LogP contribution in [0.5, 0.6) is 0 Å². The SMILES string of the molecule is C=C.CC/C=C(\C=C/CC=O)OCc1ccc([N+](=O)[O-])cc1. The number of allylic oxidation sites excluding steroid dienone is 3. The second-order valence-corrected chi connectivity index (χ2v) is 4.03. The van der Waals surface area contributed by atoms with Gasteiger partial charge < -0.3 is 9.53 Å². The Bertz CT molecular complexity index is 518. The second-order valence-electron chi connectivity index (χ2n) is 4.03. The van der Waals surface area contributed by atoms with Crippen molar-refractivity contribution in [3.05, 3.63) is 77.1 Å². The molecule has 0 heterocycles. The lowest BCUT2D eigenvalue weighted by molar-refractivity contribution is -0.384. The summed E-state index contributed by atoms with van der Waals surface area (Å²) in [7, 11) is 0. The first-order valence-electron chi connectivity index (χ1n) is 6.83. The van der Waals surface area contributed by atoms with Crippen molar-refractivity contribution < 1.29 is 14.5 Å². The van der Waals surface area contributed by atoms with E-state index in [1.54, 1.807) is 24.3 Å². The number of aldehydes is 1. The van der Waals surface area contributed by atoms with Gasteiger partial charge in [0.1, 0.15) is 18.7 Å². The minimum Gasteiger partial charge on any atom is -0.489 e. The molecule has 22 heavy (non-hydrogen) atoms. The molecule has 0 aliphatic rings. The molecule has 118 valence electrons. The maximum Gasteiger partial charge on any atom is 0.269 e. The molecular weight excluding hydrogens is 282 g/mol. The van der Waals surface area contributed by atoms with Crippen LogP contribution in [0.15, 0.2) is 61.4 Å². The molecule has 0 amide bonds. The molecule has 1 aromatic carbocycles. The van der Waals surface area contributed by atoms with Crippen LogP contribution in [0.2, 0.25) is 0 Å². The smallest absolute Gasteiger partial charge is 0.269 e. The van der Waals surface area contributed by atoms with Gasteiger partial charge in [-0.3, -0.25) is 10.1 Å². The lowest BCUT2D eigenvalue weighted by atomic mass is 10.2. The second kappa shape index (κ2) is 12.1. The average molecular weight is 303 g/mol. The van der Waals surface area contributed by atoms with Crippen LogP contribution in [0.25, 0.3) is 0 Å². The number of nitro groups is 1. The summed E-state index contributed by atoms with van der Waals surface area (Å²) in [5, 5.41) is 10.5. The number of nitrogens with zero attached hydrogens (tertiary/aromatic N) is 1. The Morgan fingerprint density at radius 3 is 2.45 bits per heavy atom. The minimum absolute atomic E-state index is 0.0592. The topological polar surface area (TPSA) is 69.4 Å². The van der Waals surface area contributed by atoms with Crippen molar-refractivity contribution in [2.45, 2.75) is 26.4 Å². The predicted molar refractivity (Wildman–Crippen MR) is 87.3 cm³/mol. The molecule has 0 unspecified atom stereocenters. The summed E-state index contributed by atoms with van der Waals surface area (Å²) >= 11 is 0. The van der Waals surface area contributed by atoms with Gasteiger partial charge in [-0.05, 0) is 36.3 Å². The molecule has 5 heteroatoms. The Balaban J connectivity index is 0.00000211. The summed E-state index contributed by atoms with van der Waals surface area (Å²) in [5.41, 5.74) is 0.908. The number of nitro benzene ring substituents is 1. The van der Waals surface area contributed by atoms with E-state index in [0.29, 0.717) is 18.8 Å². The van der Waals surface area contributed by atoms with E-state index in [9.17, 15) is 14.9 Å². The van der Waals surface area contributed by atoms with Gasteiger partial charge in [-0.15, -0.1) is 13.2 Å². The quantitative estimate of drug-likeness (QED) is 0.179. The zero-order valence-corrected chi connectivity index (χ0v) is 12.7. The van der Waals surface area contributed by atoms with Crippen molar-refractivity contribution in [3.8, 4) is 0 Å².